The highest BCUT2D eigenvalue weighted by Gasteiger charge is 2.28. The van der Waals surface area contributed by atoms with E-state index in [9.17, 15) is 19.4 Å². The molecule has 4 rings (SSSR count). The van der Waals surface area contributed by atoms with Gasteiger partial charge in [-0.15, -0.1) is 0 Å². The first kappa shape index (κ1) is 25.2. The molecule has 1 heterocycles. The summed E-state index contributed by atoms with van der Waals surface area (Å²) in [5.41, 5.74) is 3.61. The molecule has 4 aromatic rings. The number of halogens is 1. The van der Waals surface area contributed by atoms with E-state index in [-0.39, 0.29) is 17.9 Å². The molecule has 1 atom stereocenters. The number of carboxylic acid groups (broad SMARTS) is 1. The van der Waals surface area contributed by atoms with Crippen LogP contribution >= 0.6 is 0 Å². The Bertz CT molecular complexity index is 1410. The topological polar surface area (TPSA) is 96.6 Å². The summed E-state index contributed by atoms with van der Waals surface area (Å²) in [6, 6.07) is 15.0. The van der Waals surface area contributed by atoms with Gasteiger partial charge in [-0.25, -0.2) is 13.9 Å². The second-order valence-electron chi connectivity index (χ2n) is 9.62. The van der Waals surface area contributed by atoms with Gasteiger partial charge < -0.3 is 20.3 Å². The minimum absolute atomic E-state index is 0.183. The number of aromatic carboxylic acids is 1. The highest BCUT2D eigenvalue weighted by Crippen LogP contribution is 2.36. The number of hydrogen-bond donors (Lipinski definition) is 3. The maximum atomic E-state index is 13.9. The molecule has 1 aromatic heterocycles. The fourth-order valence-electron chi connectivity index (χ4n) is 4.60. The van der Waals surface area contributed by atoms with Gasteiger partial charge >= 0.3 is 5.97 Å². The van der Waals surface area contributed by atoms with Crippen molar-refractivity contribution in [2.24, 2.45) is 0 Å². The summed E-state index contributed by atoms with van der Waals surface area (Å²) in [5.74, 6) is -0.763. The second kappa shape index (κ2) is 9.99. The zero-order valence-electron chi connectivity index (χ0n) is 20.7. The van der Waals surface area contributed by atoms with Crippen molar-refractivity contribution in [2.45, 2.75) is 38.7 Å². The number of nitrogens with one attached hydrogen (secondary N) is 1. The van der Waals surface area contributed by atoms with Gasteiger partial charge in [-0.2, -0.15) is 5.10 Å². The fraction of sp³-hybridized carbons (Fsp3) is 0.286. The lowest BCUT2D eigenvalue weighted by Crippen LogP contribution is -2.30. The number of ether oxygens (including phenoxy) is 1. The smallest absolute Gasteiger partial charge is 0.335 e. The number of aliphatic hydroxyl groups is 1. The minimum Gasteiger partial charge on any atom is -0.496 e. The molecule has 0 saturated heterocycles. The standard InChI is InChI=1S/C28H30FN3O4/c1-17-10-24(22-16-31-32(25(22)11-17)20-7-5-6-18(12-20)27(34)35)30-15-21(33)14-28(2,3)23-13-19(29)8-9-26(23)36-4/h5-13,16,21,30,33H,14-15H2,1-4H3,(H,34,35)/t21-/m1/s1. The molecular formula is C28H30FN3O4. The van der Waals surface area contributed by atoms with Crippen LogP contribution in [0.5, 0.6) is 5.75 Å². The van der Waals surface area contributed by atoms with E-state index >= 15 is 0 Å². The first-order chi connectivity index (χ1) is 17.1. The highest BCUT2D eigenvalue weighted by atomic mass is 19.1. The van der Waals surface area contributed by atoms with Crippen molar-refractivity contribution in [3.05, 3.63) is 83.3 Å². The van der Waals surface area contributed by atoms with Crippen molar-refractivity contribution in [3.63, 3.8) is 0 Å². The van der Waals surface area contributed by atoms with E-state index in [1.165, 1.54) is 18.2 Å². The molecule has 0 radical (unpaired) electrons. The Balaban J connectivity index is 1.55. The molecule has 0 aliphatic heterocycles. The Hall–Kier alpha value is -3.91. The fourth-order valence-corrected chi connectivity index (χ4v) is 4.60. The number of hydrogen-bond acceptors (Lipinski definition) is 5. The van der Waals surface area contributed by atoms with E-state index in [1.807, 2.05) is 32.9 Å². The molecule has 0 amide bonds. The van der Waals surface area contributed by atoms with Crippen LogP contribution in [0.15, 0.2) is 60.8 Å². The average Bonchev–Trinajstić information content (AvgIpc) is 3.26. The molecule has 0 saturated carbocycles. The summed E-state index contributed by atoms with van der Waals surface area (Å²) in [7, 11) is 1.55. The summed E-state index contributed by atoms with van der Waals surface area (Å²) >= 11 is 0. The Morgan fingerprint density at radius 2 is 1.97 bits per heavy atom. The van der Waals surface area contributed by atoms with Crippen LogP contribution in [-0.4, -0.2) is 45.7 Å². The van der Waals surface area contributed by atoms with Crippen LogP contribution in [0.4, 0.5) is 10.1 Å². The van der Waals surface area contributed by atoms with Gasteiger partial charge in [0.1, 0.15) is 11.6 Å². The van der Waals surface area contributed by atoms with Crippen LogP contribution in [0.1, 0.15) is 41.8 Å². The number of aryl methyl sites for hydroxylation is 1. The van der Waals surface area contributed by atoms with Crippen LogP contribution < -0.4 is 10.1 Å². The molecule has 8 heteroatoms. The summed E-state index contributed by atoms with van der Waals surface area (Å²) in [6.07, 6.45) is 1.39. The third-order valence-electron chi connectivity index (χ3n) is 6.34. The molecular weight excluding hydrogens is 461 g/mol. The number of fused-ring (bicyclic) bond motifs is 1. The van der Waals surface area contributed by atoms with Gasteiger partial charge in [0.25, 0.3) is 0 Å². The first-order valence-electron chi connectivity index (χ1n) is 11.7. The van der Waals surface area contributed by atoms with E-state index in [1.54, 1.807) is 42.3 Å². The molecule has 3 N–H and O–H groups in total. The lowest BCUT2D eigenvalue weighted by molar-refractivity contribution is 0.0696. The van der Waals surface area contributed by atoms with Crippen molar-refractivity contribution >= 4 is 22.6 Å². The molecule has 0 aliphatic rings. The van der Waals surface area contributed by atoms with Gasteiger partial charge in [0.15, 0.2) is 0 Å². The van der Waals surface area contributed by atoms with Crippen molar-refractivity contribution in [3.8, 4) is 11.4 Å². The van der Waals surface area contributed by atoms with E-state index in [2.05, 4.69) is 10.4 Å². The van der Waals surface area contributed by atoms with E-state index < -0.39 is 17.5 Å². The third kappa shape index (κ3) is 5.18. The minimum atomic E-state index is -1.00. The number of aliphatic hydroxyl groups excluding tert-OH is 1. The molecule has 0 bridgehead atoms. The van der Waals surface area contributed by atoms with Crippen LogP contribution in [0, 0.1) is 12.7 Å². The maximum absolute atomic E-state index is 13.9. The van der Waals surface area contributed by atoms with Crippen LogP contribution in [0.3, 0.4) is 0 Å². The van der Waals surface area contributed by atoms with Gasteiger partial charge in [0.2, 0.25) is 0 Å². The molecule has 7 nitrogen and oxygen atoms in total. The summed E-state index contributed by atoms with van der Waals surface area (Å²) < 4.78 is 21.0. The Labute approximate surface area is 209 Å². The van der Waals surface area contributed by atoms with Crippen molar-refractivity contribution in [2.75, 3.05) is 19.0 Å². The van der Waals surface area contributed by atoms with E-state index in [0.29, 0.717) is 23.4 Å². The summed E-state index contributed by atoms with van der Waals surface area (Å²) in [5, 5.41) is 28.9. The summed E-state index contributed by atoms with van der Waals surface area (Å²) in [4.78, 5) is 11.4. The Morgan fingerprint density at radius 1 is 1.19 bits per heavy atom. The number of rotatable bonds is 9. The monoisotopic (exact) mass is 491 g/mol. The molecule has 36 heavy (non-hydrogen) atoms. The van der Waals surface area contributed by atoms with Gasteiger partial charge in [-0.05, 0) is 72.9 Å². The van der Waals surface area contributed by atoms with E-state index in [0.717, 1.165) is 22.2 Å². The third-order valence-corrected chi connectivity index (χ3v) is 6.34. The number of carboxylic acids is 1. The molecule has 0 aliphatic carbocycles. The van der Waals surface area contributed by atoms with Crippen LogP contribution in [0.2, 0.25) is 0 Å². The summed E-state index contributed by atoms with van der Waals surface area (Å²) in [6.45, 7) is 6.14. The predicted octanol–water partition coefficient (Wildman–Crippen LogP) is 5.32. The van der Waals surface area contributed by atoms with Gasteiger partial charge in [0.05, 0.1) is 36.2 Å². The zero-order valence-corrected chi connectivity index (χ0v) is 20.7. The van der Waals surface area contributed by atoms with Crippen LogP contribution in [0.25, 0.3) is 16.6 Å². The molecule has 0 unspecified atom stereocenters. The molecule has 0 fully saturated rings. The quantitative estimate of drug-likeness (QED) is 0.293. The van der Waals surface area contributed by atoms with Gasteiger partial charge in [-0.1, -0.05) is 19.9 Å². The van der Waals surface area contributed by atoms with Gasteiger partial charge in [0, 0.05) is 23.2 Å². The van der Waals surface area contributed by atoms with E-state index in [4.69, 9.17) is 4.74 Å². The maximum Gasteiger partial charge on any atom is 0.335 e. The number of carbonyl (C=O) groups is 1. The number of anilines is 1. The molecule has 0 spiro atoms. The lowest BCUT2D eigenvalue weighted by atomic mass is 9.79. The van der Waals surface area contributed by atoms with Crippen LogP contribution in [-0.2, 0) is 5.41 Å². The van der Waals surface area contributed by atoms with Crippen molar-refractivity contribution < 1.29 is 24.1 Å². The molecule has 188 valence electrons. The number of nitrogens with zero attached hydrogens (tertiary/aromatic N) is 2. The predicted molar refractivity (Wildman–Crippen MR) is 138 cm³/mol. The highest BCUT2D eigenvalue weighted by molar-refractivity contribution is 5.93. The number of aromatic nitrogens is 2. The normalized spacial score (nSPS) is 12.5. The lowest BCUT2D eigenvalue weighted by Gasteiger charge is -2.30. The second-order valence-corrected chi connectivity index (χ2v) is 9.62. The SMILES string of the molecule is COc1ccc(F)cc1C(C)(C)C[C@@H](O)CNc1cc(C)cc2c1cnn2-c1cccc(C(=O)O)c1. The van der Waals surface area contributed by atoms with Gasteiger partial charge in [-0.3, -0.25) is 0 Å². The largest absolute Gasteiger partial charge is 0.496 e. The Kier molecular flexibility index (Phi) is 6.99. The first-order valence-corrected chi connectivity index (χ1v) is 11.7. The average molecular weight is 492 g/mol. The zero-order chi connectivity index (χ0) is 26.0. The Morgan fingerprint density at radius 3 is 2.69 bits per heavy atom. The molecule has 3 aromatic carbocycles. The number of methoxy groups -OCH3 is 1. The van der Waals surface area contributed by atoms with Crippen molar-refractivity contribution in [1.29, 1.82) is 0 Å². The van der Waals surface area contributed by atoms with Crippen molar-refractivity contribution in [1.82, 2.24) is 9.78 Å². The number of benzene rings is 3.